The first-order valence-electron chi connectivity index (χ1n) is 7.42. The lowest BCUT2D eigenvalue weighted by atomic mass is 9.90. The normalized spacial score (nSPS) is 22.7. The van der Waals surface area contributed by atoms with Gasteiger partial charge in [0, 0.05) is 11.4 Å². The molecule has 1 saturated carbocycles. The van der Waals surface area contributed by atoms with Crippen molar-refractivity contribution in [1.82, 2.24) is 10.3 Å². The lowest BCUT2D eigenvalue weighted by Gasteiger charge is -2.21. The second-order valence-corrected chi connectivity index (χ2v) is 6.88. The third-order valence-electron chi connectivity index (χ3n) is 4.26. The molecule has 2 aliphatic carbocycles. The van der Waals surface area contributed by atoms with Gasteiger partial charge in [0.1, 0.15) is 0 Å². The summed E-state index contributed by atoms with van der Waals surface area (Å²) in [5, 5.41) is 2.68. The number of allylic oxidation sites excluding steroid dienone is 1. The van der Waals surface area contributed by atoms with Gasteiger partial charge in [-0.2, -0.15) is 0 Å². The summed E-state index contributed by atoms with van der Waals surface area (Å²) in [6.45, 7) is 4.59. The van der Waals surface area contributed by atoms with E-state index in [1.807, 2.05) is 6.07 Å². The highest BCUT2D eigenvalue weighted by molar-refractivity contribution is 6.23. The Bertz CT molecular complexity index is 601. The predicted octanol–water partition coefficient (Wildman–Crippen LogP) is 3.34. The molecule has 1 atom stereocenters. The lowest BCUT2D eigenvalue weighted by Crippen LogP contribution is -2.32. The molecule has 0 radical (unpaired) electrons. The van der Waals surface area contributed by atoms with Gasteiger partial charge in [-0.15, -0.1) is 11.6 Å². The molecule has 114 valence electrons. The van der Waals surface area contributed by atoms with Crippen LogP contribution in [0.3, 0.4) is 0 Å². The average Bonchev–Trinajstić information content (AvgIpc) is 3.05. The van der Waals surface area contributed by atoms with Crippen molar-refractivity contribution in [3.05, 3.63) is 28.6 Å². The maximum atomic E-state index is 13.6. The van der Waals surface area contributed by atoms with Crippen molar-refractivity contribution in [2.24, 2.45) is 5.92 Å². The van der Waals surface area contributed by atoms with Crippen molar-refractivity contribution < 1.29 is 9.18 Å². The van der Waals surface area contributed by atoms with Crippen LogP contribution in [0.1, 0.15) is 43.6 Å². The molecular formula is C16H20ClFN2O. The second kappa shape index (κ2) is 5.16. The number of carbonyl (C=O) groups excluding carboxylic acids is 1. The number of halogens is 2. The van der Waals surface area contributed by atoms with E-state index in [0.29, 0.717) is 25.3 Å². The summed E-state index contributed by atoms with van der Waals surface area (Å²) in [6, 6.07) is 2.01. The van der Waals surface area contributed by atoms with Crippen LogP contribution in [0.5, 0.6) is 0 Å². The smallest absolute Gasteiger partial charge is 0.257 e. The van der Waals surface area contributed by atoms with Crippen LogP contribution in [-0.2, 0) is 17.8 Å². The first-order chi connectivity index (χ1) is 9.89. The van der Waals surface area contributed by atoms with Gasteiger partial charge >= 0.3 is 0 Å². The monoisotopic (exact) mass is 310 g/mol. The molecule has 21 heavy (non-hydrogen) atoms. The quantitative estimate of drug-likeness (QED) is 0.823. The summed E-state index contributed by atoms with van der Waals surface area (Å²) in [4.78, 5) is 14.9. The summed E-state index contributed by atoms with van der Waals surface area (Å²) in [7, 11) is 0. The zero-order valence-electron chi connectivity index (χ0n) is 12.3. The molecule has 3 nitrogen and oxygen atoms in total. The van der Waals surface area contributed by atoms with Gasteiger partial charge in [0.25, 0.3) is 5.91 Å². The van der Waals surface area contributed by atoms with Crippen molar-refractivity contribution in [1.29, 1.82) is 0 Å². The van der Waals surface area contributed by atoms with Crippen molar-refractivity contribution in [2.45, 2.75) is 50.7 Å². The fraction of sp³-hybridized carbons (Fsp3) is 0.562. The molecule has 0 saturated heterocycles. The topological polar surface area (TPSA) is 44.9 Å². The van der Waals surface area contributed by atoms with Crippen LogP contribution >= 0.6 is 11.6 Å². The van der Waals surface area contributed by atoms with E-state index in [0.717, 1.165) is 23.4 Å². The third-order valence-corrected chi connectivity index (χ3v) is 4.67. The van der Waals surface area contributed by atoms with Gasteiger partial charge in [-0.1, -0.05) is 13.8 Å². The fourth-order valence-corrected chi connectivity index (χ4v) is 3.22. The summed E-state index contributed by atoms with van der Waals surface area (Å²) >= 11 is 6.41. The van der Waals surface area contributed by atoms with Crippen molar-refractivity contribution >= 4 is 23.6 Å². The van der Waals surface area contributed by atoms with Gasteiger partial charge in [0.2, 0.25) is 0 Å². The Labute approximate surface area is 128 Å². The largest absolute Gasteiger partial charge is 0.357 e. The van der Waals surface area contributed by atoms with Crippen LogP contribution in [0.25, 0.3) is 6.08 Å². The number of amides is 1. The first kappa shape index (κ1) is 14.6. The third kappa shape index (κ3) is 2.86. The average molecular weight is 311 g/mol. The van der Waals surface area contributed by atoms with E-state index < -0.39 is 11.6 Å². The standard InChI is InChI=1S/C16H20ClFN2O/c1-9(2)12-7-14-10(6-13(12)17)5-11(20-14)8-19-15(21)16(18)3-4-16/h5,7,9,13,20H,3-4,6,8H2,1-2H3,(H,19,21). The zero-order chi connectivity index (χ0) is 15.2. The number of carbonyl (C=O) groups is 1. The Morgan fingerprint density at radius 1 is 1.57 bits per heavy atom. The summed E-state index contributed by atoms with van der Waals surface area (Å²) in [5.41, 5.74) is 2.72. The highest BCUT2D eigenvalue weighted by Gasteiger charge is 2.50. The Hall–Kier alpha value is -1.29. The highest BCUT2D eigenvalue weighted by atomic mass is 35.5. The minimum absolute atomic E-state index is 0.0244. The van der Waals surface area contributed by atoms with Crippen LogP contribution in [0, 0.1) is 5.92 Å². The molecule has 2 N–H and O–H groups in total. The molecule has 2 aliphatic rings. The Morgan fingerprint density at radius 3 is 2.90 bits per heavy atom. The number of H-pyrrole nitrogens is 1. The number of aromatic amines is 1. The Morgan fingerprint density at radius 2 is 2.29 bits per heavy atom. The highest BCUT2D eigenvalue weighted by Crippen LogP contribution is 2.39. The molecule has 0 aliphatic heterocycles. The zero-order valence-corrected chi connectivity index (χ0v) is 13.1. The molecule has 1 heterocycles. The van der Waals surface area contributed by atoms with Crippen LogP contribution in [-0.4, -0.2) is 21.9 Å². The molecule has 0 aromatic carbocycles. The van der Waals surface area contributed by atoms with Crippen LogP contribution < -0.4 is 5.32 Å². The van der Waals surface area contributed by atoms with Gasteiger partial charge in [-0.3, -0.25) is 4.79 Å². The van der Waals surface area contributed by atoms with E-state index in [-0.39, 0.29) is 5.38 Å². The van der Waals surface area contributed by atoms with Crippen molar-refractivity contribution in [2.75, 3.05) is 0 Å². The van der Waals surface area contributed by atoms with E-state index in [1.54, 1.807) is 0 Å². The number of hydrogen-bond acceptors (Lipinski definition) is 1. The van der Waals surface area contributed by atoms with Gasteiger partial charge in [0.15, 0.2) is 5.67 Å². The van der Waals surface area contributed by atoms with Gasteiger partial charge in [0.05, 0.1) is 11.9 Å². The predicted molar refractivity (Wildman–Crippen MR) is 81.9 cm³/mol. The summed E-state index contributed by atoms with van der Waals surface area (Å²) in [6.07, 6.45) is 3.57. The van der Waals surface area contributed by atoms with E-state index in [4.69, 9.17) is 11.6 Å². The van der Waals surface area contributed by atoms with E-state index in [9.17, 15) is 9.18 Å². The van der Waals surface area contributed by atoms with Crippen molar-refractivity contribution in [3.63, 3.8) is 0 Å². The minimum Gasteiger partial charge on any atom is -0.357 e. The first-order valence-corrected chi connectivity index (χ1v) is 7.86. The minimum atomic E-state index is -1.61. The van der Waals surface area contributed by atoms with E-state index in [2.05, 4.69) is 30.2 Å². The van der Waals surface area contributed by atoms with Gasteiger partial charge in [-0.25, -0.2) is 4.39 Å². The molecular weight excluding hydrogens is 291 g/mol. The molecule has 1 fully saturated rings. The number of hydrogen-bond donors (Lipinski definition) is 2. The number of fused-ring (bicyclic) bond motifs is 1. The van der Waals surface area contributed by atoms with Gasteiger partial charge in [-0.05, 0) is 48.5 Å². The molecule has 1 unspecified atom stereocenters. The number of nitrogens with one attached hydrogen (secondary N) is 2. The number of alkyl halides is 2. The number of aromatic nitrogens is 1. The SMILES string of the molecule is CC(C)C1=Cc2[nH]c(CNC(=O)C3(F)CC3)cc2CC1Cl. The maximum Gasteiger partial charge on any atom is 0.257 e. The van der Waals surface area contributed by atoms with Crippen LogP contribution in [0.2, 0.25) is 0 Å². The molecule has 1 aromatic heterocycles. The maximum absolute atomic E-state index is 13.6. The molecule has 3 rings (SSSR count). The Balaban J connectivity index is 1.70. The van der Waals surface area contributed by atoms with Gasteiger partial charge < -0.3 is 10.3 Å². The molecule has 0 bridgehead atoms. The molecule has 5 heteroatoms. The van der Waals surface area contributed by atoms with E-state index in [1.165, 1.54) is 5.57 Å². The molecule has 1 aromatic rings. The van der Waals surface area contributed by atoms with E-state index >= 15 is 0 Å². The molecule has 0 spiro atoms. The number of rotatable bonds is 4. The summed E-state index contributed by atoms with van der Waals surface area (Å²) in [5.74, 6) is -0.0860. The molecule has 1 amide bonds. The van der Waals surface area contributed by atoms with Crippen molar-refractivity contribution in [3.8, 4) is 0 Å². The summed E-state index contributed by atoms with van der Waals surface area (Å²) < 4.78 is 13.6. The Kier molecular flexibility index (Phi) is 3.60. The lowest BCUT2D eigenvalue weighted by molar-refractivity contribution is -0.127. The fourth-order valence-electron chi connectivity index (χ4n) is 2.74. The van der Waals surface area contributed by atoms with Crippen LogP contribution in [0.4, 0.5) is 4.39 Å². The van der Waals surface area contributed by atoms with Crippen LogP contribution in [0.15, 0.2) is 11.6 Å². The second-order valence-electron chi connectivity index (χ2n) is 6.35.